The number of rotatable bonds is 8. The Bertz CT molecular complexity index is 1130. The van der Waals surface area contributed by atoms with Gasteiger partial charge in [0.15, 0.2) is 0 Å². The Morgan fingerprint density at radius 3 is 2.50 bits per heavy atom. The van der Waals surface area contributed by atoms with Gasteiger partial charge in [-0.05, 0) is 51.1 Å². The number of amides is 1. The first-order chi connectivity index (χ1) is 17.4. The van der Waals surface area contributed by atoms with Crippen LogP contribution in [0.15, 0.2) is 47.6 Å². The van der Waals surface area contributed by atoms with Crippen molar-refractivity contribution in [2.45, 2.75) is 32.2 Å². The number of hydrazone groups is 1. The van der Waals surface area contributed by atoms with E-state index in [2.05, 4.69) is 4.90 Å². The second-order valence-corrected chi connectivity index (χ2v) is 9.30. The lowest BCUT2D eigenvalue weighted by atomic mass is 9.96. The van der Waals surface area contributed by atoms with Crippen molar-refractivity contribution in [1.29, 1.82) is 0 Å². The van der Waals surface area contributed by atoms with Crippen LogP contribution in [0.2, 0.25) is 5.02 Å². The van der Waals surface area contributed by atoms with Crippen molar-refractivity contribution in [2.75, 3.05) is 40.5 Å². The van der Waals surface area contributed by atoms with Crippen molar-refractivity contribution < 1.29 is 23.8 Å². The lowest BCUT2D eigenvalue weighted by Crippen LogP contribution is -2.43. The van der Waals surface area contributed by atoms with Gasteiger partial charge in [-0.15, -0.1) is 0 Å². The highest BCUT2D eigenvalue weighted by Gasteiger charge is 2.36. The molecule has 1 fully saturated rings. The Kier molecular flexibility index (Phi) is 8.48. The number of hydrogen-bond donors (Lipinski definition) is 0. The van der Waals surface area contributed by atoms with Crippen molar-refractivity contribution in [2.24, 2.45) is 11.0 Å². The van der Waals surface area contributed by atoms with Crippen LogP contribution >= 0.6 is 11.6 Å². The van der Waals surface area contributed by atoms with Crippen LogP contribution in [0.25, 0.3) is 0 Å². The van der Waals surface area contributed by atoms with E-state index in [-0.39, 0.29) is 30.4 Å². The smallest absolute Gasteiger partial charge is 0.309 e. The molecule has 2 aliphatic rings. The van der Waals surface area contributed by atoms with Gasteiger partial charge in [0.05, 0.1) is 45.0 Å². The van der Waals surface area contributed by atoms with Crippen LogP contribution in [0.3, 0.4) is 0 Å². The van der Waals surface area contributed by atoms with Gasteiger partial charge in [0.1, 0.15) is 11.5 Å². The number of ether oxygens (including phenoxy) is 3. The molecule has 1 amide bonds. The molecule has 0 spiro atoms. The SMILES string of the molecule is CCOC(=O)C1CCN(CC(=O)N2N=C(c3ccccc3Cl)C[C@@H]2c2ccc(OC)cc2OC)CC1. The summed E-state index contributed by atoms with van der Waals surface area (Å²) < 4.78 is 16.2. The predicted octanol–water partition coefficient (Wildman–Crippen LogP) is 4.31. The van der Waals surface area contributed by atoms with Gasteiger partial charge < -0.3 is 14.2 Å². The predicted molar refractivity (Wildman–Crippen MR) is 138 cm³/mol. The molecule has 2 aromatic carbocycles. The minimum Gasteiger partial charge on any atom is -0.497 e. The largest absolute Gasteiger partial charge is 0.497 e. The molecule has 2 aliphatic heterocycles. The zero-order chi connectivity index (χ0) is 25.7. The molecule has 0 saturated carbocycles. The molecule has 36 heavy (non-hydrogen) atoms. The van der Waals surface area contributed by atoms with Gasteiger partial charge in [0.2, 0.25) is 0 Å². The fourth-order valence-electron chi connectivity index (χ4n) is 4.78. The van der Waals surface area contributed by atoms with Gasteiger partial charge >= 0.3 is 5.97 Å². The van der Waals surface area contributed by atoms with Gasteiger partial charge in [-0.1, -0.05) is 29.8 Å². The number of hydrogen-bond acceptors (Lipinski definition) is 7. The minimum atomic E-state index is -0.346. The standard InChI is InChI=1S/C27H32ClN3O5/c1-4-36-27(33)18-11-13-30(14-12-18)17-26(32)31-24(21-10-9-19(34-2)15-25(21)35-3)16-23(29-31)20-7-5-6-8-22(20)28/h5-10,15,18,24H,4,11-14,16-17H2,1-3H3/t24-/m1/s1. The molecule has 0 unspecified atom stereocenters. The maximum Gasteiger partial charge on any atom is 0.309 e. The normalized spacial score (nSPS) is 18.6. The molecule has 2 aromatic rings. The number of nitrogens with zero attached hydrogens (tertiary/aromatic N) is 3. The Hall–Kier alpha value is -3.10. The molecule has 0 radical (unpaired) electrons. The maximum atomic E-state index is 13.6. The Morgan fingerprint density at radius 2 is 1.83 bits per heavy atom. The Morgan fingerprint density at radius 1 is 1.08 bits per heavy atom. The van der Waals surface area contributed by atoms with Gasteiger partial charge in [0.25, 0.3) is 5.91 Å². The van der Waals surface area contributed by atoms with Crippen LogP contribution in [0.5, 0.6) is 11.5 Å². The third kappa shape index (κ3) is 5.65. The Labute approximate surface area is 216 Å². The number of benzene rings is 2. The third-order valence-corrected chi connectivity index (χ3v) is 7.05. The van der Waals surface area contributed by atoms with Gasteiger partial charge in [-0.3, -0.25) is 14.5 Å². The highest BCUT2D eigenvalue weighted by molar-refractivity contribution is 6.34. The molecule has 0 aliphatic carbocycles. The molecule has 192 valence electrons. The van der Waals surface area contributed by atoms with Gasteiger partial charge in [-0.25, -0.2) is 5.01 Å². The quantitative estimate of drug-likeness (QED) is 0.489. The summed E-state index contributed by atoms with van der Waals surface area (Å²) in [5.41, 5.74) is 2.40. The first-order valence-corrected chi connectivity index (χ1v) is 12.6. The van der Waals surface area contributed by atoms with Crippen LogP contribution in [-0.4, -0.2) is 68.0 Å². The molecule has 4 rings (SSSR count). The molecular formula is C27H32ClN3O5. The van der Waals surface area contributed by atoms with Gasteiger partial charge in [-0.2, -0.15) is 5.10 Å². The van der Waals surface area contributed by atoms with Crippen LogP contribution < -0.4 is 9.47 Å². The summed E-state index contributed by atoms with van der Waals surface area (Å²) in [5, 5.41) is 6.90. The minimum absolute atomic E-state index is 0.107. The number of methoxy groups -OCH3 is 2. The van der Waals surface area contributed by atoms with Crippen molar-refractivity contribution in [1.82, 2.24) is 9.91 Å². The van der Waals surface area contributed by atoms with Gasteiger partial charge in [0, 0.05) is 28.6 Å². The van der Waals surface area contributed by atoms with E-state index < -0.39 is 0 Å². The molecule has 0 aromatic heterocycles. The Balaban J connectivity index is 1.56. The number of carbonyl (C=O) groups excluding carboxylic acids is 2. The van der Waals surface area contributed by atoms with Crippen LogP contribution in [0, 0.1) is 5.92 Å². The molecule has 1 saturated heterocycles. The highest BCUT2D eigenvalue weighted by Crippen LogP contribution is 2.40. The molecule has 0 N–H and O–H groups in total. The average Bonchev–Trinajstić information content (AvgIpc) is 3.34. The average molecular weight is 514 g/mol. The third-order valence-electron chi connectivity index (χ3n) is 6.72. The second kappa shape index (κ2) is 11.8. The van der Waals surface area contributed by atoms with E-state index in [0.717, 1.165) is 16.8 Å². The summed E-state index contributed by atoms with van der Waals surface area (Å²) in [7, 11) is 3.20. The van der Waals surface area contributed by atoms with Crippen LogP contribution in [0.4, 0.5) is 0 Å². The molecule has 0 bridgehead atoms. The summed E-state index contributed by atoms with van der Waals surface area (Å²) >= 11 is 6.47. The zero-order valence-electron chi connectivity index (χ0n) is 20.9. The first kappa shape index (κ1) is 26.0. The molecule has 2 heterocycles. The van der Waals surface area contributed by atoms with E-state index in [1.54, 1.807) is 19.2 Å². The molecule has 8 nitrogen and oxygen atoms in total. The summed E-state index contributed by atoms with van der Waals surface area (Å²) in [6, 6.07) is 12.7. The fourth-order valence-corrected chi connectivity index (χ4v) is 5.03. The summed E-state index contributed by atoms with van der Waals surface area (Å²) in [4.78, 5) is 27.7. The topological polar surface area (TPSA) is 80.7 Å². The van der Waals surface area contributed by atoms with Crippen molar-refractivity contribution in [3.05, 3.63) is 58.6 Å². The number of esters is 1. The van der Waals surface area contributed by atoms with Crippen LogP contribution in [-0.2, 0) is 14.3 Å². The van der Waals surface area contributed by atoms with Crippen molar-refractivity contribution in [3.8, 4) is 11.5 Å². The summed E-state index contributed by atoms with van der Waals surface area (Å²) in [5.74, 6) is 0.925. The van der Waals surface area contributed by atoms with E-state index in [1.165, 1.54) is 0 Å². The number of piperidine rings is 1. The first-order valence-electron chi connectivity index (χ1n) is 12.2. The lowest BCUT2D eigenvalue weighted by Gasteiger charge is -2.32. The zero-order valence-corrected chi connectivity index (χ0v) is 21.7. The molecule has 1 atom stereocenters. The highest BCUT2D eigenvalue weighted by atomic mass is 35.5. The van der Waals surface area contributed by atoms with Crippen molar-refractivity contribution >= 4 is 29.2 Å². The number of halogens is 1. The van der Waals surface area contributed by atoms with Crippen LogP contribution in [0.1, 0.15) is 43.4 Å². The monoisotopic (exact) mass is 513 g/mol. The maximum absolute atomic E-state index is 13.6. The summed E-state index contributed by atoms with van der Waals surface area (Å²) in [6.45, 7) is 3.72. The van der Waals surface area contributed by atoms with E-state index in [0.29, 0.717) is 55.5 Å². The van der Waals surface area contributed by atoms with E-state index in [1.807, 2.05) is 49.4 Å². The number of carbonyl (C=O) groups is 2. The van der Waals surface area contributed by atoms with E-state index in [4.69, 9.17) is 30.9 Å². The fraction of sp³-hybridized carbons (Fsp3) is 0.444. The molecule has 9 heteroatoms. The lowest BCUT2D eigenvalue weighted by molar-refractivity contribution is -0.149. The summed E-state index contributed by atoms with van der Waals surface area (Å²) in [6.07, 6.45) is 1.86. The van der Waals surface area contributed by atoms with E-state index >= 15 is 0 Å². The number of likely N-dealkylation sites (tertiary alicyclic amines) is 1. The molecular weight excluding hydrogens is 482 g/mol. The van der Waals surface area contributed by atoms with E-state index in [9.17, 15) is 9.59 Å². The van der Waals surface area contributed by atoms with Crippen molar-refractivity contribution in [3.63, 3.8) is 0 Å². The second-order valence-electron chi connectivity index (χ2n) is 8.90.